The van der Waals surface area contributed by atoms with Crippen molar-refractivity contribution in [2.45, 2.75) is 39.0 Å². The standard InChI is InChI=1S/C17H20S/c1-6-8-16(11-13(3)7-2)18-17-10-9-14(4)15(5)12-17/h1,8-12H,7H2,2-5H3/b13-11-,16-8+. The van der Waals surface area contributed by atoms with Crippen LogP contribution in [0.1, 0.15) is 31.4 Å². The Morgan fingerprint density at radius 1 is 1.33 bits per heavy atom. The molecule has 0 nitrogen and oxygen atoms in total. The first-order valence-electron chi connectivity index (χ1n) is 6.15. The zero-order valence-electron chi connectivity index (χ0n) is 11.6. The van der Waals surface area contributed by atoms with Gasteiger partial charge in [-0.1, -0.05) is 36.2 Å². The quantitative estimate of drug-likeness (QED) is 0.402. The lowest BCUT2D eigenvalue weighted by Crippen LogP contribution is -1.82. The first-order chi connectivity index (χ1) is 8.56. The Morgan fingerprint density at radius 2 is 2.06 bits per heavy atom. The maximum atomic E-state index is 5.39. The highest BCUT2D eigenvalue weighted by molar-refractivity contribution is 8.03. The SMILES string of the molecule is C#C/C=C(\C=C(\C)CC)Sc1ccc(C)c(C)c1. The van der Waals surface area contributed by atoms with Gasteiger partial charge in [0.1, 0.15) is 0 Å². The predicted molar refractivity (Wildman–Crippen MR) is 82.7 cm³/mol. The van der Waals surface area contributed by atoms with Crippen molar-refractivity contribution in [1.82, 2.24) is 0 Å². The van der Waals surface area contributed by atoms with E-state index in [0.29, 0.717) is 0 Å². The molecule has 0 N–H and O–H groups in total. The third-order valence-electron chi connectivity index (χ3n) is 2.89. The van der Waals surface area contributed by atoms with Gasteiger partial charge >= 0.3 is 0 Å². The summed E-state index contributed by atoms with van der Waals surface area (Å²) in [7, 11) is 0. The van der Waals surface area contributed by atoms with Crippen molar-refractivity contribution in [3.8, 4) is 12.3 Å². The van der Waals surface area contributed by atoms with E-state index in [2.05, 4.69) is 57.9 Å². The van der Waals surface area contributed by atoms with Crippen molar-refractivity contribution in [3.05, 3.63) is 52.0 Å². The van der Waals surface area contributed by atoms with Gasteiger partial charge in [0.05, 0.1) is 0 Å². The van der Waals surface area contributed by atoms with Crippen molar-refractivity contribution in [1.29, 1.82) is 0 Å². The van der Waals surface area contributed by atoms with E-state index in [4.69, 9.17) is 6.42 Å². The number of hydrogen-bond donors (Lipinski definition) is 0. The smallest absolute Gasteiger partial charge is 0.0205 e. The summed E-state index contributed by atoms with van der Waals surface area (Å²) in [6.45, 7) is 8.55. The van der Waals surface area contributed by atoms with E-state index in [-0.39, 0.29) is 0 Å². The van der Waals surface area contributed by atoms with Gasteiger partial charge in [0.2, 0.25) is 0 Å². The molecule has 0 unspecified atom stereocenters. The van der Waals surface area contributed by atoms with E-state index in [0.717, 1.165) is 11.3 Å². The Kier molecular flexibility index (Phi) is 5.82. The van der Waals surface area contributed by atoms with Gasteiger partial charge in [0.25, 0.3) is 0 Å². The Hall–Kier alpha value is -1.39. The fourth-order valence-corrected chi connectivity index (χ4v) is 2.47. The van der Waals surface area contributed by atoms with Crippen molar-refractivity contribution >= 4 is 11.8 Å². The largest absolute Gasteiger partial charge is 0.115 e. The first kappa shape index (κ1) is 14.7. The van der Waals surface area contributed by atoms with E-state index >= 15 is 0 Å². The van der Waals surface area contributed by atoms with Gasteiger partial charge in [-0.25, -0.2) is 0 Å². The second-order valence-corrected chi connectivity index (χ2v) is 5.55. The summed E-state index contributed by atoms with van der Waals surface area (Å²) >= 11 is 1.72. The van der Waals surface area contributed by atoms with E-state index in [1.807, 2.05) is 6.08 Å². The Morgan fingerprint density at radius 3 is 2.61 bits per heavy atom. The van der Waals surface area contributed by atoms with Crippen molar-refractivity contribution < 1.29 is 0 Å². The van der Waals surface area contributed by atoms with Gasteiger partial charge < -0.3 is 0 Å². The molecular formula is C17H20S. The van der Waals surface area contributed by atoms with Crippen LogP contribution in [0.2, 0.25) is 0 Å². The summed E-state index contributed by atoms with van der Waals surface area (Å²) in [6.07, 6.45) is 10.4. The molecule has 0 fully saturated rings. The minimum atomic E-state index is 1.05. The summed E-state index contributed by atoms with van der Waals surface area (Å²) in [5, 5.41) is 0. The number of aryl methyl sites for hydroxylation is 2. The molecule has 0 heterocycles. The van der Waals surface area contributed by atoms with Crippen LogP contribution in [0.3, 0.4) is 0 Å². The fourth-order valence-electron chi connectivity index (χ4n) is 1.44. The maximum absolute atomic E-state index is 5.39. The second-order valence-electron chi connectivity index (χ2n) is 4.41. The molecule has 0 aliphatic heterocycles. The molecule has 1 heteroatoms. The third-order valence-corrected chi connectivity index (χ3v) is 3.85. The zero-order valence-corrected chi connectivity index (χ0v) is 12.4. The Labute approximate surface area is 115 Å². The molecule has 0 aliphatic carbocycles. The minimum Gasteiger partial charge on any atom is -0.115 e. The average Bonchev–Trinajstić information content (AvgIpc) is 2.34. The van der Waals surface area contributed by atoms with E-state index in [9.17, 15) is 0 Å². The lowest BCUT2D eigenvalue weighted by Gasteiger charge is -2.06. The molecule has 1 rings (SSSR count). The van der Waals surface area contributed by atoms with Gasteiger partial charge in [0.15, 0.2) is 0 Å². The fraction of sp³-hybridized carbons (Fsp3) is 0.294. The molecule has 0 aliphatic rings. The first-order valence-corrected chi connectivity index (χ1v) is 6.97. The summed E-state index contributed by atoms with van der Waals surface area (Å²) in [4.78, 5) is 2.36. The predicted octanol–water partition coefficient (Wildman–Crippen LogP) is 5.27. The topological polar surface area (TPSA) is 0 Å². The number of thioether (sulfide) groups is 1. The molecule has 0 bridgehead atoms. The highest BCUT2D eigenvalue weighted by Crippen LogP contribution is 2.29. The highest BCUT2D eigenvalue weighted by atomic mass is 32.2. The molecule has 0 saturated carbocycles. The van der Waals surface area contributed by atoms with Crippen LogP contribution in [-0.2, 0) is 0 Å². The number of benzene rings is 1. The van der Waals surface area contributed by atoms with Crippen LogP contribution >= 0.6 is 11.8 Å². The molecule has 0 spiro atoms. The normalized spacial score (nSPS) is 12.4. The zero-order chi connectivity index (χ0) is 13.5. The average molecular weight is 256 g/mol. The molecule has 0 atom stereocenters. The maximum Gasteiger partial charge on any atom is 0.0205 e. The molecule has 0 saturated heterocycles. The highest BCUT2D eigenvalue weighted by Gasteiger charge is 2.00. The lowest BCUT2D eigenvalue weighted by atomic mass is 10.1. The molecule has 0 aromatic heterocycles. The monoisotopic (exact) mass is 256 g/mol. The van der Waals surface area contributed by atoms with Crippen LogP contribution in [0.15, 0.2) is 45.7 Å². The van der Waals surface area contributed by atoms with Crippen molar-refractivity contribution in [2.24, 2.45) is 0 Å². The molecule has 1 aromatic rings. The van der Waals surface area contributed by atoms with Crippen LogP contribution in [0.25, 0.3) is 0 Å². The van der Waals surface area contributed by atoms with Crippen LogP contribution in [0, 0.1) is 26.2 Å². The van der Waals surface area contributed by atoms with Crippen LogP contribution in [0.5, 0.6) is 0 Å². The number of rotatable bonds is 4. The lowest BCUT2D eigenvalue weighted by molar-refractivity contribution is 1.10. The summed E-state index contributed by atoms with van der Waals surface area (Å²) in [5.74, 6) is 2.62. The van der Waals surface area contributed by atoms with E-state index < -0.39 is 0 Å². The number of hydrogen-bond acceptors (Lipinski definition) is 1. The van der Waals surface area contributed by atoms with Gasteiger partial charge in [-0.15, -0.1) is 6.42 Å². The molecule has 0 amide bonds. The summed E-state index contributed by atoms with van der Waals surface area (Å²) < 4.78 is 0. The molecule has 0 radical (unpaired) electrons. The Bertz CT molecular complexity index is 513. The Balaban J connectivity index is 2.95. The van der Waals surface area contributed by atoms with Gasteiger partial charge in [0, 0.05) is 15.9 Å². The van der Waals surface area contributed by atoms with Gasteiger partial charge in [-0.3, -0.25) is 0 Å². The minimum absolute atomic E-state index is 1.05. The van der Waals surface area contributed by atoms with E-state index in [1.165, 1.54) is 21.6 Å². The summed E-state index contributed by atoms with van der Waals surface area (Å²) in [6, 6.07) is 6.51. The molecule has 18 heavy (non-hydrogen) atoms. The third kappa shape index (κ3) is 4.47. The van der Waals surface area contributed by atoms with Crippen molar-refractivity contribution in [2.75, 3.05) is 0 Å². The molecule has 1 aromatic carbocycles. The second kappa shape index (κ2) is 7.13. The molecular weight excluding hydrogens is 236 g/mol. The van der Waals surface area contributed by atoms with Crippen LogP contribution in [0.4, 0.5) is 0 Å². The summed E-state index contributed by atoms with van der Waals surface area (Å²) in [5.41, 5.74) is 3.98. The van der Waals surface area contributed by atoms with Gasteiger partial charge in [-0.05, 0) is 56.5 Å². The number of allylic oxidation sites excluding steroid dienone is 3. The van der Waals surface area contributed by atoms with Crippen LogP contribution in [-0.4, -0.2) is 0 Å². The van der Waals surface area contributed by atoms with Gasteiger partial charge in [-0.2, -0.15) is 0 Å². The van der Waals surface area contributed by atoms with E-state index in [1.54, 1.807) is 11.8 Å². The van der Waals surface area contributed by atoms with Crippen molar-refractivity contribution in [3.63, 3.8) is 0 Å². The molecule has 94 valence electrons. The number of terminal acetylenes is 1. The van der Waals surface area contributed by atoms with Crippen LogP contribution < -0.4 is 0 Å².